The quantitative estimate of drug-likeness (QED) is 0.227. The summed E-state index contributed by atoms with van der Waals surface area (Å²) in [6.07, 6.45) is -0.496. The van der Waals surface area contributed by atoms with Gasteiger partial charge in [0.25, 0.3) is 0 Å². The van der Waals surface area contributed by atoms with Crippen molar-refractivity contribution in [2.75, 3.05) is 19.8 Å². The van der Waals surface area contributed by atoms with E-state index in [-0.39, 0.29) is 37.9 Å². The SMILES string of the molecule is O=C(NCCCC[C@H](NC(=O)OCC1c2ccccc2-c2ccccc21)C(=O)O)OCC(=O)c1ccccc1. The number of carbonyl (C=O) groups is 4. The van der Waals surface area contributed by atoms with E-state index < -0.39 is 24.2 Å². The smallest absolute Gasteiger partial charge is 0.407 e. The Kier molecular flexibility index (Phi) is 9.29. The number of fused-ring (bicyclic) bond motifs is 3. The molecule has 1 atom stereocenters. The number of amides is 2. The van der Waals surface area contributed by atoms with E-state index >= 15 is 0 Å². The number of rotatable bonds is 12. The van der Waals surface area contributed by atoms with Crippen molar-refractivity contribution in [2.24, 2.45) is 0 Å². The van der Waals surface area contributed by atoms with Crippen LogP contribution in [0, 0.1) is 0 Å². The number of carbonyl (C=O) groups excluding carboxylic acids is 3. The van der Waals surface area contributed by atoms with Gasteiger partial charge in [-0.05, 0) is 41.5 Å². The summed E-state index contributed by atoms with van der Waals surface area (Å²) in [5, 5.41) is 14.5. The Balaban J connectivity index is 1.16. The van der Waals surface area contributed by atoms with Gasteiger partial charge in [0.1, 0.15) is 12.6 Å². The molecule has 39 heavy (non-hydrogen) atoms. The number of ether oxygens (including phenoxy) is 2. The largest absolute Gasteiger partial charge is 0.480 e. The first-order valence-electron chi connectivity index (χ1n) is 12.8. The second kappa shape index (κ2) is 13.2. The van der Waals surface area contributed by atoms with E-state index in [1.165, 1.54) is 0 Å². The van der Waals surface area contributed by atoms with Crippen LogP contribution < -0.4 is 10.6 Å². The van der Waals surface area contributed by atoms with Gasteiger partial charge in [0.15, 0.2) is 12.4 Å². The zero-order chi connectivity index (χ0) is 27.6. The van der Waals surface area contributed by atoms with E-state index in [9.17, 15) is 24.3 Å². The number of hydrogen-bond acceptors (Lipinski definition) is 6. The molecular formula is C30H30N2O7. The standard InChI is InChI=1S/C30H30N2O7/c33-27(20-10-2-1-3-11-20)19-39-29(36)31-17-9-8-16-26(28(34)35)32-30(37)38-18-25-23-14-6-4-12-21(23)22-13-5-7-15-24(22)25/h1-7,10-15,25-26H,8-9,16-19H2,(H,31,36)(H,32,37)(H,34,35)/t26-/m0/s1. The molecule has 4 rings (SSSR count). The van der Waals surface area contributed by atoms with E-state index in [2.05, 4.69) is 10.6 Å². The maximum atomic E-state index is 12.4. The minimum Gasteiger partial charge on any atom is -0.480 e. The van der Waals surface area contributed by atoms with Crippen molar-refractivity contribution >= 4 is 23.9 Å². The molecule has 0 bridgehead atoms. The topological polar surface area (TPSA) is 131 Å². The maximum Gasteiger partial charge on any atom is 0.407 e. The van der Waals surface area contributed by atoms with E-state index in [0.29, 0.717) is 18.4 Å². The van der Waals surface area contributed by atoms with Gasteiger partial charge in [0.05, 0.1) is 0 Å². The lowest BCUT2D eigenvalue weighted by molar-refractivity contribution is -0.139. The second-order valence-corrected chi connectivity index (χ2v) is 9.15. The van der Waals surface area contributed by atoms with Gasteiger partial charge in [-0.3, -0.25) is 4.79 Å². The number of ketones is 1. The molecule has 1 aliphatic carbocycles. The van der Waals surface area contributed by atoms with Crippen LogP contribution in [0.1, 0.15) is 46.7 Å². The van der Waals surface area contributed by atoms with Gasteiger partial charge < -0.3 is 25.2 Å². The van der Waals surface area contributed by atoms with E-state index in [1.54, 1.807) is 30.3 Å². The number of alkyl carbamates (subject to hydrolysis) is 2. The predicted molar refractivity (Wildman–Crippen MR) is 144 cm³/mol. The average molecular weight is 531 g/mol. The molecule has 0 fully saturated rings. The highest BCUT2D eigenvalue weighted by Crippen LogP contribution is 2.44. The summed E-state index contributed by atoms with van der Waals surface area (Å²) < 4.78 is 10.4. The number of unbranched alkanes of at least 4 members (excludes halogenated alkanes) is 1. The summed E-state index contributed by atoms with van der Waals surface area (Å²) in [6.45, 7) is -0.0539. The van der Waals surface area contributed by atoms with Crippen LogP contribution in [0.4, 0.5) is 9.59 Å². The number of aliphatic carboxylic acids is 1. The molecule has 0 heterocycles. The molecule has 0 aromatic heterocycles. The van der Waals surface area contributed by atoms with Crippen molar-refractivity contribution in [3.63, 3.8) is 0 Å². The molecule has 9 nitrogen and oxygen atoms in total. The first-order chi connectivity index (χ1) is 18.9. The normalized spacial score (nSPS) is 12.5. The van der Waals surface area contributed by atoms with Crippen molar-refractivity contribution in [1.82, 2.24) is 10.6 Å². The summed E-state index contributed by atoms with van der Waals surface area (Å²) in [5.41, 5.74) is 4.79. The molecule has 9 heteroatoms. The van der Waals surface area contributed by atoms with Crippen LogP contribution in [0.5, 0.6) is 0 Å². The monoisotopic (exact) mass is 530 g/mol. The third-order valence-electron chi connectivity index (χ3n) is 6.55. The second-order valence-electron chi connectivity index (χ2n) is 9.15. The van der Waals surface area contributed by atoms with E-state index in [0.717, 1.165) is 22.3 Å². The van der Waals surface area contributed by atoms with Crippen LogP contribution in [0.25, 0.3) is 11.1 Å². The van der Waals surface area contributed by atoms with Gasteiger partial charge in [-0.1, -0.05) is 78.9 Å². The summed E-state index contributed by atoms with van der Waals surface area (Å²) in [4.78, 5) is 47.9. The molecule has 2 amide bonds. The van der Waals surface area contributed by atoms with Crippen molar-refractivity contribution in [3.05, 3.63) is 95.6 Å². The third kappa shape index (κ3) is 7.22. The molecule has 0 aliphatic heterocycles. The summed E-state index contributed by atoms with van der Waals surface area (Å²) in [6, 6.07) is 23.3. The Labute approximate surface area is 226 Å². The van der Waals surface area contributed by atoms with Gasteiger partial charge in [-0.25, -0.2) is 14.4 Å². The fraction of sp³-hybridized carbons (Fsp3) is 0.267. The molecule has 0 unspecified atom stereocenters. The van der Waals surface area contributed by atoms with Crippen LogP contribution >= 0.6 is 0 Å². The number of hydrogen-bond donors (Lipinski definition) is 3. The van der Waals surface area contributed by atoms with E-state index in [1.807, 2.05) is 48.5 Å². The van der Waals surface area contributed by atoms with Gasteiger partial charge in [0, 0.05) is 18.0 Å². The summed E-state index contributed by atoms with van der Waals surface area (Å²) >= 11 is 0. The van der Waals surface area contributed by atoms with Gasteiger partial charge in [-0.2, -0.15) is 0 Å². The lowest BCUT2D eigenvalue weighted by atomic mass is 9.98. The predicted octanol–water partition coefficient (Wildman–Crippen LogP) is 4.76. The summed E-state index contributed by atoms with van der Waals surface area (Å²) in [7, 11) is 0. The molecule has 0 radical (unpaired) electrons. The number of nitrogens with one attached hydrogen (secondary N) is 2. The highest BCUT2D eigenvalue weighted by atomic mass is 16.6. The minimum absolute atomic E-state index is 0.0883. The van der Waals surface area contributed by atoms with Gasteiger partial charge in [0.2, 0.25) is 0 Å². The third-order valence-corrected chi connectivity index (χ3v) is 6.55. The molecule has 1 aliphatic rings. The Hall–Kier alpha value is -4.66. The molecule has 0 spiro atoms. The average Bonchev–Trinajstić information content (AvgIpc) is 3.28. The maximum absolute atomic E-state index is 12.4. The molecule has 3 aromatic rings. The van der Waals surface area contributed by atoms with Crippen molar-refractivity contribution in [3.8, 4) is 11.1 Å². The van der Waals surface area contributed by atoms with Crippen LogP contribution in [0.15, 0.2) is 78.9 Å². The lowest BCUT2D eigenvalue weighted by Crippen LogP contribution is -2.41. The molecule has 3 N–H and O–H groups in total. The first kappa shape index (κ1) is 27.4. The van der Waals surface area contributed by atoms with Gasteiger partial charge in [-0.15, -0.1) is 0 Å². The Morgan fingerprint density at radius 1 is 0.769 bits per heavy atom. The van der Waals surface area contributed by atoms with Crippen molar-refractivity contribution in [2.45, 2.75) is 31.2 Å². The number of Topliss-reactive ketones (excluding diaryl/α,β-unsaturated/α-hetero) is 1. The fourth-order valence-corrected chi connectivity index (χ4v) is 4.59. The van der Waals surface area contributed by atoms with Crippen LogP contribution in [0.3, 0.4) is 0 Å². The zero-order valence-corrected chi connectivity index (χ0v) is 21.3. The van der Waals surface area contributed by atoms with Crippen LogP contribution in [0.2, 0.25) is 0 Å². The Morgan fingerprint density at radius 2 is 1.38 bits per heavy atom. The molecular weight excluding hydrogens is 500 g/mol. The highest BCUT2D eigenvalue weighted by Gasteiger charge is 2.29. The Morgan fingerprint density at radius 3 is 2.03 bits per heavy atom. The first-order valence-corrected chi connectivity index (χ1v) is 12.8. The Bertz CT molecular complexity index is 1280. The zero-order valence-electron chi connectivity index (χ0n) is 21.3. The number of benzene rings is 3. The van der Waals surface area contributed by atoms with Gasteiger partial charge >= 0.3 is 18.2 Å². The highest BCUT2D eigenvalue weighted by molar-refractivity contribution is 5.97. The fourth-order valence-electron chi connectivity index (χ4n) is 4.59. The minimum atomic E-state index is -1.17. The lowest BCUT2D eigenvalue weighted by Gasteiger charge is -2.17. The van der Waals surface area contributed by atoms with Crippen LogP contribution in [-0.4, -0.2) is 54.8 Å². The summed E-state index contributed by atoms with van der Waals surface area (Å²) in [5.74, 6) is -1.61. The van der Waals surface area contributed by atoms with Crippen LogP contribution in [-0.2, 0) is 14.3 Å². The van der Waals surface area contributed by atoms with E-state index in [4.69, 9.17) is 9.47 Å². The molecule has 0 saturated carbocycles. The molecule has 3 aromatic carbocycles. The molecule has 202 valence electrons. The van der Waals surface area contributed by atoms with Crippen molar-refractivity contribution < 1.29 is 33.8 Å². The number of carboxylic acids is 1. The molecule has 0 saturated heterocycles. The number of carboxylic acid groups (broad SMARTS) is 1. The van der Waals surface area contributed by atoms with Crippen molar-refractivity contribution in [1.29, 1.82) is 0 Å².